The molecule has 0 radical (unpaired) electrons. The lowest BCUT2D eigenvalue weighted by Gasteiger charge is -2.12. The lowest BCUT2D eigenvalue weighted by atomic mass is 10.4. The van der Waals surface area contributed by atoms with Gasteiger partial charge >= 0.3 is 0 Å². The first-order valence-electron chi connectivity index (χ1n) is 7.56. The van der Waals surface area contributed by atoms with E-state index in [0.29, 0.717) is 32.1 Å². The Morgan fingerprint density at radius 2 is 1.91 bits per heavy atom. The van der Waals surface area contributed by atoms with Crippen molar-refractivity contribution in [1.82, 2.24) is 10.6 Å². The van der Waals surface area contributed by atoms with Gasteiger partial charge in [-0.1, -0.05) is 41.4 Å². The topological polar surface area (TPSA) is 76.7 Å². The first-order chi connectivity index (χ1) is 11.1. The normalized spacial score (nSPS) is 11.3. The van der Waals surface area contributed by atoms with Gasteiger partial charge in [-0.25, -0.2) is 0 Å². The molecule has 1 atom stereocenters. The lowest BCUT2D eigenvalue weighted by Crippen LogP contribution is -2.28. The molecule has 0 saturated carbocycles. The summed E-state index contributed by atoms with van der Waals surface area (Å²) < 4.78 is 10.7. The van der Waals surface area contributed by atoms with Crippen molar-refractivity contribution in [3.8, 4) is 11.8 Å². The molecule has 8 heteroatoms. The van der Waals surface area contributed by atoms with E-state index in [1.54, 1.807) is 0 Å². The van der Waals surface area contributed by atoms with Crippen LogP contribution in [-0.4, -0.2) is 49.5 Å². The zero-order chi connectivity index (χ0) is 17.3. The van der Waals surface area contributed by atoms with E-state index in [2.05, 4.69) is 22.5 Å². The van der Waals surface area contributed by atoms with Gasteiger partial charge in [0, 0.05) is 12.8 Å². The van der Waals surface area contributed by atoms with Crippen LogP contribution in [0.15, 0.2) is 0 Å². The van der Waals surface area contributed by atoms with Crippen LogP contribution in [0.3, 0.4) is 0 Å². The molecule has 0 aromatic rings. The first-order valence-corrected chi connectivity index (χ1v) is 9.95. The van der Waals surface area contributed by atoms with Crippen LogP contribution in [0, 0.1) is 11.8 Å². The van der Waals surface area contributed by atoms with E-state index < -0.39 is 0 Å². The van der Waals surface area contributed by atoms with Gasteiger partial charge in [-0.2, -0.15) is 0 Å². The van der Waals surface area contributed by atoms with Crippen molar-refractivity contribution in [2.75, 3.05) is 32.2 Å². The molecular weight excluding hydrogens is 336 g/mol. The highest BCUT2D eigenvalue weighted by molar-refractivity contribution is 8.76. The van der Waals surface area contributed by atoms with E-state index in [4.69, 9.17) is 9.47 Å². The molecular formula is C15H26N2O4S2. The quantitative estimate of drug-likeness (QED) is 0.238. The number of hydrogen-bond donors (Lipinski definition) is 2. The van der Waals surface area contributed by atoms with Crippen molar-refractivity contribution in [3.63, 3.8) is 0 Å². The molecule has 0 bridgehead atoms. The Bertz CT molecular complexity index is 397. The number of carbonyl (C=O) groups is 2. The predicted molar refractivity (Wildman–Crippen MR) is 95.8 cm³/mol. The van der Waals surface area contributed by atoms with Gasteiger partial charge in [-0.15, -0.1) is 5.92 Å². The summed E-state index contributed by atoms with van der Waals surface area (Å²) in [6, 6.07) is 0. The Kier molecular flexibility index (Phi) is 15.4. The number of carbonyl (C=O) groups excluding carboxylic acids is 2. The Balaban J connectivity index is 3.42. The molecule has 132 valence electrons. The van der Waals surface area contributed by atoms with Crippen LogP contribution in [0.4, 0.5) is 0 Å². The highest BCUT2D eigenvalue weighted by atomic mass is 33.1. The highest BCUT2D eigenvalue weighted by Gasteiger charge is 2.05. The second kappa shape index (κ2) is 16.0. The summed E-state index contributed by atoms with van der Waals surface area (Å²) in [7, 11) is 3.07. The molecule has 0 aliphatic rings. The Morgan fingerprint density at radius 3 is 2.61 bits per heavy atom. The Labute approximate surface area is 146 Å². The van der Waals surface area contributed by atoms with E-state index >= 15 is 0 Å². The number of hydrogen-bond acceptors (Lipinski definition) is 6. The monoisotopic (exact) mass is 362 g/mol. The molecule has 0 spiro atoms. The van der Waals surface area contributed by atoms with Crippen molar-refractivity contribution in [2.45, 2.75) is 39.0 Å². The van der Waals surface area contributed by atoms with Crippen LogP contribution < -0.4 is 10.6 Å². The predicted octanol–water partition coefficient (Wildman–Crippen LogP) is 1.76. The summed E-state index contributed by atoms with van der Waals surface area (Å²) >= 11 is 0. The third-order valence-corrected chi connectivity index (χ3v) is 4.72. The minimum Gasteiger partial charge on any atom is -0.369 e. The van der Waals surface area contributed by atoms with Crippen molar-refractivity contribution in [3.05, 3.63) is 0 Å². The minimum atomic E-state index is -0.181. The molecule has 0 rings (SSSR count). The van der Waals surface area contributed by atoms with Gasteiger partial charge in [-0.05, 0) is 6.92 Å². The average molecular weight is 363 g/mol. The molecule has 0 saturated heterocycles. The van der Waals surface area contributed by atoms with Gasteiger partial charge in [0.15, 0.2) is 0 Å². The maximum atomic E-state index is 11.4. The minimum absolute atomic E-state index is 0.0104. The average Bonchev–Trinajstić information content (AvgIpc) is 2.55. The highest BCUT2D eigenvalue weighted by Crippen LogP contribution is 2.26. The van der Waals surface area contributed by atoms with E-state index in [1.165, 1.54) is 21.6 Å². The van der Waals surface area contributed by atoms with Crippen LogP contribution in [0.5, 0.6) is 0 Å². The zero-order valence-electron chi connectivity index (χ0n) is 14.0. The van der Waals surface area contributed by atoms with Gasteiger partial charge in [-0.3, -0.25) is 9.59 Å². The van der Waals surface area contributed by atoms with E-state index in [0.717, 1.165) is 6.42 Å². The van der Waals surface area contributed by atoms with Gasteiger partial charge in [0.2, 0.25) is 11.8 Å². The molecule has 0 aliphatic heterocycles. The SMILES string of the molecule is CCC#CCNC(=O)COCCOC(C)SSCNC(=O)CC. The Morgan fingerprint density at radius 1 is 1.13 bits per heavy atom. The number of rotatable bonds is 12. The maximum Gasteiger partial charge on any atom is 0.246 e. The summed E-state index contributed by atoms with van der Waals surface area (Å²) in [6.07, 6.45) is 1.27. The standard InChI is InChI=1S/C15H26N2O4S2/c1-4-6-7-8-16-15(19)11-20-9-10-21-13(3)23-22-12-17-14(18)5-2/h13H,4-5,8-12H2,1-3H3,(H,16,19)(H,17,18). The third-order valence-electron chi connectivity index (χ3n) is 2.34. The van der Waals surface area contributed by atoms with Gasteiger partial charge < -0.3 is 20.1 Å². The summed E-state index contributed by atoms with van der Waals surface area (Å²) in [5, 5.41) is 5.42. The molecule has 0 fully saturated rings. The van der Waals surface area contributed by atoms with Crippen LogP contribution in [0.2, 0.25) is 0 Å². The summed E-state index contributed by atoms with van der Waals surface area (Å²) in [5.74, 6) is 6.11. The second-order valence-electron chi connectivity index (χ2n) is 4.29. The van der Waals surface area contributed by atoms with E-state index in [9.17, 15) is 9.59 Å². The summed E-state index contributed by atoms with van der Waals surface area (Å²) in [6.45, 7) is 6.84. The molecule has 0 aromatic carbocycles. The van der Waals surface area contributed by atoms with Gasteiger partial charge in [0.1, 0.15) is 12.0 Å². The number of amides is 2. The third kappa shape index (κ3) is 15.8. The molecule has 2 N–H and O–H groups in total. The molecule has 1 unspecified atom stereocenters. The molecule has 0 aliphatic carbocycles. The fraction of sp³-hybridized carbons (Fsp3) is 0.733. The molecule has 0 aromatic heterocycles. The molecule has 6 nitrogen and oxygen atoms in total. The van der Waals surface area contributed by atoms with Crippen LogP contribution in [0.1, 0.15) is 33.6 Å². The van der Waals surface area contributed by atoms with Crippen molar-refractivity contribution in [1.29, 1.82) is 0 Å². The van der Waals surface area contributed by atoms with Gasteiger partial charge in [0.05, 0.1) is 25.6 Å². The summed E-state index contributed by atoms with van der Waals surface area (Å²) in [5.41, 5.74) is -0.0136. The number of ether oxygens (including phenoxy) is 2. The fourth-order valence-electron chi connectivity index (χ4n) is 1.21. The molecule has 2 amide bonds. The number of nitrogens with one attached hydrogen (secondary N) is 2. The van der Waals surface area contributed by atoms with E-state index in [-0.39, 0.29) is 23.9 Å². The zero-order valence-corrected chi connectivity index (χ0v) is 15.6. The first kappa shape index (κ1) is 22.1. The Hall–Kier alpha value is -0.880. The van der Waals surface area contributed by atoms with Crippen molar-refractivity contribution < 1.29 is 19.1 Å². The van der Waals surface area contributed by atoms with Gasteiger partial charge in [0.25, 0.3) is 0 Å². The molecule has 23 heavy (non-hydrogen) atoms. The van der Waals surface area contributed by atoms with Crippen molar-refractivity contribution in [2.24, 2.45) is 0 Å². The van der Waals surface area contributed by atoms with Crippen molar-refractivity contribution >= 4 is 33.4 Å². The van der Waals surface area contributed by atoms with Crippen LogP contribution >= 0.6 is 21.6 Å². The maximum absolute atomic E-state index is 11.4. The largest absolute Gasteiger partial charge is 0.369 e. The lowest BCUT2D eigenvalue weighted by molar-refractivity contribution is -0.126. The van der Waals surface area contributed by atoms with Crippen LogP contribution in [0.25, 0.3) is 0 Å². The second-order valence-corrected chi connectivity index (χ2v) is 6.95. The smallest absolute Gasteiger partial charge is 0.246 e. The summed E-state index contributed by atoms with van der Waals surface area (Å²) in [4.78, 5) is 22.4. The van der Waals surface area contributed by atoms with Crippen LogP contribution in [-0.2, 0) is 19.1 Å². The molecule has 0 heterocycles. The van der Waals surface area contributed by atoms with E-state index in [1.807, 2.05) is 20.8 Å². The fourth-order valence-corrected chi connectivity index (χ4v) is 2.97.